The lowest BCUT2D eigenvalue weighted by Gasteiger charge is -2.12. The van der Waals surface area contributed by atoms with E-state index in [1.165, 1.54) is 0 Å². The fourth-order valence-corrected chi connectivity index (χ4v) is 3.73. The van der Waals surface area contributed by atoms with Crippen LogP contribution in [0.15, 0.2) is 72.9 Å². The van der Waals surface area contributed by atoms with Crippen LogP contribution in [0.3, 0.4) is 0 Å². The van der Waals surface area contributed by atoms with Crippen molar-refractivity contribution in [3.63, 3.8) is 0 Å². The summed E-state index contributed by atoms with van der Waals surface area (Å²) in [5.74, 6) is 6.68. The van der Waals surface area contributed by atoms with Gasteiger partial charge in [0.25, 0.3) is 0 Å². The van der Waals surface area contributed by atoms with E-state index in [9.17, 15) is 0 Å². The summed E-state index contributed by atoms with van der Waals surface area (Å²) in [5, 5.41) is 17.8. The van der Waals surface area contributed by atoms with Crippen molar-refractivity contribution in [2.75, 3.05) is 5.32 Å². The highest BCUT2D eigenvalue weighted by Crippen LogP contribution is 2.30. The van der Waals surface area contributed by atoms with Crippen LogP contribution in [-0.4, -0.2) is 30.6 Å². The monoisotopic (exact) mass is 431 g/mol. The molecule has 0 atom stereocenters. The van der Waals surface area contributed by atoms with Gasteiger partial charge < -0.3 is 5.32 Å². The lowest BCUT2D eigenvalue weighted by molar-refractivity contribution is 0.881. The van der Waals surface area contributed by atoms with E-state index in [2.05, 4.69) is 78.1 Å². The van der Waals surface area contributed by atoms with Crippen LogP contribution in [0.25, 0.3) is 33.5 Å². The maximum Gasteiger partial charge on any atom is 0.180 e. The van der Waals surface area contributed by atoms with Crippen molar-refractivity contribution in [1.29, 1.82) is 0 Å². The van der Waals surface area contributed by atoms with E-state index in [0.29, 0.717) is 18.8 Å². The summed E-state index contributed by atoms with van der Waals surface area (Å²) in [5.41, 5.74) is 7.91. The highest BCUT2D eigenvalue weighted by molar-refractivity contribution is 5.87. The van der Waals surface area contributed by atoms with Gasteiger partial charge in [-0.25, -0.2) is 5.10 Å². The van der Waals surface area contributed by atoms with Crippen molar-refractivity contribution in [2.45, 2.75) is 19.9 Å². The number of anilines is 1. The van der Waals surface area contributed by atoms with E-state index in [1.54, 1.807) is 6.20 Å². The molecule has 7 heteroatoms. The van der Waals surface area contributed by atoms with E-state index < -0.39 is 0 Å². The summed E-state index contributed by atoms with van der Waals surface area (Å²) in [6.45, 7) is 2.51. The minimum Gasteiger partial charge on any atom is -0.379 e. The summed E-state index contributed by atoms with van der Waals surface area (Å²) in [6.07, 6.45) is 2.40. The largest absolute Gasteiger partial charge is 0.379 e. The molecule has 33 heavy (non-hydrogen) atoms. The van der Waals surface area contributed by atoms with Crippen LogP contribution < -0.4 is 5.32 Å². The van der Waals surface area contributed by atoms with Gasteiger partial charge in [0.2, 0.25) is 0 Å². The summed E-state index contributed by atoms with van der Waals surface area (Å²) >= 11 is 0. The van der Waals surface area contributed by atoms with Gasteiger partial charge in [0, 0.05) is 18.3 Å². The number of nitrogens with zero attached hydrogens (tertiary/aromatic N) is 5. The average molecular weight is 432 g/mol. The third-order valence-electron chi connectivity index (χ3n) is 5.34. The molecule has 0 saturated heterocycles. The number of hydrogen-bond acceptors (Lipinski definition) is 6. The Bertz CT molecular complexity index is 1450. The van der Waals surface area contributed by atoms with Gasteiger partial charge in [0.05, 0.1) is 23.3 Å². The zero-order valence-corrected chi connectivity index (χ0v) is 18.1. The molecule has 0 aliphatic carbocycles. The molecular weight excluding hydrogens is 410 g/mol. The number of nitrogens with one attached hydrogen (secondary N) is 2. The molecule has 3 aromatic heterocycles. The number of hydrogen-bond donors (Lipinski definition) is 2. The van der Waals surface area contributed by atoms with Crippen LogP contribution in [0.5, 0.6) is 0 Å². The second-order valence-corrected chi connectivity index (χ2v) is 7.48. The van der Waals surface area contributed by atoms with Crippen LogP contribution in [0.4, 0.5) is 5.69 Å². The lowest BCUT2D eigenvalue weighted by atomic mass is 9.98. The number of aromatic amines is 1. The first-order valence-electron chi connectivity index (χ1n) is 10.6. The van der Waals surface area contributed by atoms with Crippen LogP contribution >= 0.6 is 0 Å². The van der Waals surface area contributed by atoms with Crippen LogP contribution in [0, 0.1) is 11.8 Å². The van der Waals surface area contributed by atoms with E-state index in [0.717, 1.165) is 44.7 Å². The summed E-state index contributed by atoms with van der Waals surface area (Å²) in [4.78, 5) is 9.20. The summed E-state index contributed by atoms with van der Waals surface area (Å²) < 4.78 is 0. The number of tetrazole rings is 1. The molecule has 0 unspecified atom stereocenters. The number of pyridine rings is 2. The van der Waals surface area contributed by atoms with Gasteiger partial charge in [-0.3, -0.25) is 9.97 Å². The zero-order valence-electron chi connectivity index (χ0n) is 18.1. The summed E-state index contributed by atoms with van der Waals surface area (Å²) in [6, 6.07) is 22.5. The van der Waals surface area contributed by atoms with Crippen molar-refractivity contribution in [1.82, 2.24) is 30.6 Å². The quantitative estimate of drug-likeness (QED) is 0.380. The first-order valence-corrected chi connectivity index (χ1v) is 10.6. The number of benzene rings is 2. The van der Waals surface area contributed by atoms with Gasteiger partial charge in [-0.2, -0.15) is 0 Å². The Hall–Kier alpha value is -4.57. The molecule has 0 aliphatic rings. The molecular formula is C26H21N7. The van der Waals surface area contributed by atoms with Crippen LogP contribution in [0.2, 0.25) is 0 Å². The van der Waals surface area contributed by atoms with Gasteiger partial charge in [0.15, 0.2) is 5.82 Å². The number of aromatic nitrogens is 6. The molecule has 2 N–H and O–H groups in total. The molecule has 0 radical (unpaired) electrons. The fraction of sp³-hybridized carbons (Fsp3) is 0.115. The van der Waals surface area contributed by atoms with E-state index in [4.69, 9.17) is 0 Å². The van der Waals surface area contributed by atoms with Crippen molar-refractivity contribution in [3.05, 3.63) is 84.2 Å². The molecule has 0 aliphatic heterocycles. The Morgan fingerprint density at radius 3 is 2.61 bits per heavy atom. The molecule has 0 amide bonds. The minimum atomic E-state index is 0.616. The number of H-pyrrole nitrogens is 1. The Kier molecular flexibility index (Phi) is 5.72. The molecule has 0 saturated carbocycles. The molecule has 7 nitrogen and oxygen atoms in total. The molecule has 0 bridgehead atoms. The molecule has 3 heterocycles. The van der Waals surface area contributed by atoms with E-state index >= 15 is 0 Å². The first kappa shape index (κ1) is 20.3. The second-order valence-electron chi connectivity index (χ2n) is 7.48. The predicted octanol–water partition coefficient (Wildman–Crippen LogP) is 4.65. The number of rotatable bonds is 6. The highest BCUT2D eigenvalue weighted by atomic mass is 15.5. The maximum absolute atomic E-state index is 4.68. The summed E-state index contributed by atoms with van der Waals surface area (Å²) in [7, 11) is 0. The van der Waals surface area contributed by atoms with Gasteiger partial charge in [-0.05, 0) is 52.2 Å². The molecule has 160 valence electrons. The number of fused-ring (bicyclic) bond motifs is 1. The van der Waals surface area contributed by atoms with Crippen molar-refractivity contribution in [2.24, 2.45) is 0 Å². The standard InChI is InChI=1S/C26H21N7/c1-2-3-7-20-16-24(25-23(29-20)10-6-15-27-25)28-17-18-11-13-19(14-12-18)21-8-4-5-9-22(21)26-30-32-33-31-26/h4-6,8-16H,7,17H2,1H3,(H,28,29)(H,30,31,32,33). The van der Waals surface area contributed by atoms with Crippen molar-refractivity contribution >= 4 is 16.7 Å². The minimum absolute atomic E-state index is 0.616. The normalized spacial score (nSPS) is 10.6. The van der Waals surface area contributed by atoms with Crippen molar-refractivity contribution < 1.29 is 0 Å². The van der Waals surface area contributed by atoms with Gasteiger partial charge in [-0.1, -0.05) is 54.5 Å². The Balaban J connectivity index is 1.38. The van der Waals surface area contributed by atoms with Crippen LogP contribution in [-0.2, 0) is 13.0 Å². The molecule has 5 rings (SSSR count). The van der Waals surface area contributed by atoms with E-state index in [-0.39, 0.29) is 0 Å². The molecule has 5 aromatic rings. The topological polar surface area (TPSA) is 92.3 Å². The van der Waals surface area contributed by atoms with Gasteiger partial charge in [-0.15, -0.1) is 11.0 Å². The average Bonchev–Trinajstić information content (AvgIpc) is 3.41. The zero-order chi connectivity index (χ0) is 22.5. The lowest BCUT2D eigenvalue weighted by Crippen LogP contribution is -2.03. The predicted molar refractivity (Wildman–Crippen MR) is 129 cm³/mol. The Morgan fingerprint density at radius 1 is 0.970 bits per heavy atom. The SMILES string of the molecule is CC#CCc1cc(NCc2ccc(-c3ccccc3-c3nnn[nH]3)cc2)c2ncccc2n1. The molecule has 0 spiro atoms. The van der Waals surface area contributed by atoms with Crippen molar-refractivity contribution in [3.8, 4) is 34.4 Å². The fourth-order valence-electron chi connectivity index (χ4n) is 3.73. The van der Waals surface area contributed by atoms with Crippen LogP contribution in [0.1, 0.15) is 18.2 Å². The maximum atomic E-state index is 4.68. The van der Waals surface area contributed by atoms with E-state index in [1.807, 2.05) is 43.3 Å². The van der Waals surface area contributed by atoms with Gasteiger partial charge in [0.1, 0.15) is 5.52 Å². The third kappa shape index (κ3) is 4.41. The first-order chi connectivity index (χ1) is 16.3. The van der Waals surface area contributed by atoms with Gasteiger partial charge >= 0.3 is 0 Å². The third-order valence-corrected chi connectivity index (χ3v) is 5.34. The smallest absolute Gasteiger partial charge is 0.180 e. The second kappa shape index (κ2) is 9.28. The Morgan fingerprint density at radius 2 is 1.82 bits per heavy atom. The Labute approximate surface area is 191 Å². The highest BCUT2D eigenvalue weighted by Gasteiger charge is 2.10. The molecule has 0 fully saturated rings. The molecule has 2 aromatic carbocycles.